The van der Waals surface area contributed by atoms with Gasteiger partial charge in [0.15, 0.2) is 0 Å². The van der Waals surface area contributed by atoms with E-state index in [0.717, 1.165) is 17.8 Å². The molecule has 2 aromatic carbocycles. The number of hydrogen-bond acceptors (Lipinski definition) is 2. The largest absolute Gasteiger partial charge is 0.384 e. The lowest BCUT2D eigenvalue weighted by Crippen LogP contribution is -2.17. The van der Waals surface area contributed by atoms with Crippen LogP contribution in [0.4, 0.5) is 5.69 Å². The molecule has 0 amide bonds. The fraction of sp³-hybridized carbons (Fsp3) is 0.188. The van der Waals surface area contributed by atoms with Gasteiger partial charge in [-0.3, -0.25) is 5.41 Å². The van der Waals surface area contributed by atoms with E-state index < -0.39 is 0 Å². The van der Waals surface area contributed by atoms with E-state index in [1.165, 1.54) is 11.1 Å². The van der Waals surface area contributed by atoms with Crippen molar-refractivity contribution in [2.45, 2.75) is 13.5 Å². The van der Waals surface area contributed by atoms with E-state index in [-0.39, 0.29) is 5.84 Å². The Balaban J connectivity index is 2.14. The fourth-order valence-electron chi connectivity index (χ4n) is 2.03. The van der Waals surface area contributed by atoms with Gasteiger partial charge < -0.3 is 10.6 Å². The summed E-state index contributed by atoms with van der Waals surface area (Å²) < 4.78 is 0. The van der Waals surface area contributed by atoms with Gasteiger partial charge in [0.05, 0.1) is 0 Å². The zero-order valence-electron chi connectivity index (χ0n) is 11.4. The smallest absolute Gasteiger partial charge is 0.122 e. The summed E-state index contributed by atoms with van der Waals surface area (Å²) in [5, 5.41) is 7.38. The zero-order chi connectivity index (χ0) is 13.8. The molecule has 19 heavy (non-hydrogen) atoms. The first-order valence-electron chi connectivity index (χ1n) is 6.28. The maximum atomic E-state index is 7.38. The van der Waals surface area contributed by atoms with Crippen LogP contribution in [-0.2, 0) is 6.54 Å². The SMILES string of the molecule is Cc1ccccc1CN(C)c1ccc(C(=N)N)cc1. The molecule has 0 heterocycles. The second-order valence-corrected chi connectivity index (χ2v) is 4.74. The van der Waals surface area contributed by atoms with E-state index in [1.807, 2.05) is 24.3 Å². The predicted octanol–water partition coefficient (Wildman–Crippen LogP) is 2.92. The molecule has 0 aliphatic rings. The number of aryl methyl sites for hydroxylation is 1. The minimum Gasteiger partial charge on any atom is -0.384 e. The first-order chi connectivity index (χ1) is 9.08. The zero-order valence-corrected chi connectivity index (χ0v) is 11.4. The van der Waals surface area contributed by atoms with Crippen LogP contribution in [0, 0.1) is 12.3 Å². The molecule has 0 spiro atoms. The molecule has 0 aliphatic carbocycles. The van der Waals surface area contributed by atoms with Gasteiger partial charge in [0.2, 0.25) is 0 Å². The van der Waals surface area contributed by atoms with Gasteiger partial charge in [0.1, 0.15) is 5.84 Å². The number of nitrogens with zero attached hydrogens (tertiary/aromatic N) is 1. The number of nitrogen functional groups attached to an aromatic ring is 1. The fourth-order valence-corrected chi connectivity index (χ4v) is 2.03. The average molecular weight is 253 g/mol. The second-order valence-electron chi connectivity index (χ2n) is 4.74. The van der Waals surface area contributed by atoms with Gasteiger partial charge in [-0.1, -0.05) is 24.3 Å². The number of anilines is 1. The highest BCUT2D eigenvalue weighted by Crippen LogP contribution is 2.17. The van der Waals surface area contributed by atoms with Gasteiger partial charge in [-0.2, -0.15) is 0 Å². The van der Waals surface area contributed by atoms with Crippen molar-refractivity contribution in [2.75, 3.05) is 11.9 Å². The molecule has 0 fully saturated rings. The molecule has 0 aliphatic heterocycles. The van der Waals surface area contributed by atoms with Crippen LogP contribution in [0.2, 0.25) is 0 Å². The van der Waals surface area contributed by atoms with E-state index >= 15 is 0 Å². The third kappa shape index (κ3) is 3.13. The van der Waals surface area contributed by atoms with Crippen molar-refractivity contribution in [3.05, 3.63) is 65.2 Å². The Hall–Kier alpha value is -2.29. The molecule has 0 atom stereocenters. The molecule has 2 aromatic rings. The van der Waals surface area contributed by atoms with Crippen molar-refractivity contribution in [2.24, 2.45) is 5.73 Å². The third-order valence-electron chi connectivity index (χ3n) is 3.29. The van der Waals surface area contributed by atoms with Gasteiger partial charge >= 0.3 is 0 Å². The molecule has 2 rings (SSSR count). The lowest BCUT2D eigenvalue weighted by molar-refractivity contribution is 0.914. The summed E-state index contributed by atoms with van der Waals surface area (Å²) in [4.78, 5) is 2.19. The molecular formula is C16H19N3. The standard InChI is InChI=1S/C16H19N3/c1-12-5-3-4-6-14(12)11-19(2)15-9-7-13(8-10-15)16(17)18/h3-10H,11H2,1-2H3,(H3,17,18). The molecule has 0 saturated carbocycles. The Bertz CT molecular complexity index is 573. The number of nitrogens with two attached hydrogens (primary N) is 1. The van der Waals surface area contributed by atoms with Crippen LogP contribution in [0.25, 0.3) is 0 Å². The molecule has 3 N–H and O–H groups in total. The van der Waals surface area contributed by atoms with Crippen LogP contribution in [0.3, 0.4) is 0 Å². The van der Waals surface area contributed by atoms with Crippen molar-refractivity contribution in [1.82, 2.24) is 0 Å². The summed E-state index contributed by atoms with van der Waals surface area (Å²) in [7, 11) is 2.06. The highest BCUT2D eigenvalue weighted by Gasteiger charge is 2.04. The summed E-state index contributed by atoms with van der Waals surface area (Å²) >= 11 is 0. The van der Waals surface area contributed by atoms with E-state index in [0.29, 0.717) is 0 Å². The van der Waals surface area contributed by atoms with Crippen molar-refractivity contribution < 1.29 is 0 Å². The summed E-state index contributed by atoms with van der Waals surface area (Å²) in [5.74, 6) is 0.105. The molecule has 0 saturated heterocycles. The maximum absolute atomic E-state index is 7.38. The number of nitrogens with one attached hydrogen (secondary N) is 1. The molecule has 0 radical (unpaired) electrons. The first-order valence-corrected chi connectivity index (χ1v) is 6.28. The van der Waals surface area contributed by atoms with Crippen molar-refractivity contribution in [1.29, 1.82) is 5.41 Å². The first kappa shape index (κ1) is 13.1. The van der Waals surface area contributed by atoms with E-state index in [1.54, 1.807) is 0 Å². The molecule has 0 aromatic heterocycles. The Kier molecular flexibility index (Phi) is 3.85. The summed E-state index contributed by atoms with van der Waals surface area (Å²) in [6, 6.07) is 16.1. The number of benzene rings is 2. The Morgan fingerprint density at radius 2 is 1.74 bits per heavy atom. The van der Waals surface area contributed by atoms with Crippen LogP contribution in [0.1, 0.15) is 16.7 Å². The van der Waals surface area contributed by atoms with Gasteiger partial charge in [-0.15, -0.1) is 0 Å². The number of amidine groups is 1. The Labute approximate surface area is 114 Å². The van der Waals surface area contributed by atoms with Crippen LogP contribution in [0.5, 0.6) is 0 Å². The quantitative estimate of drug-likeness (QED) is 0.650. The second kappa shape index (κ2) is 5.57. The number of hydrogen-bond donors (Lipinski definition) is 2. The number of rotatable bonds is 4. The van der Waals surface area contributed by atoms with Crippen LogP contribution in [0.15, 0.2) is 48.5 Å². The van der Waals surface area contributed by atoms with Crippen LogP contribution >= 0.6 is 0 Å². The average Bonchev–Trinajstić information content (AvgIpc) is 2.41. The summed E-state index contributed by atoms with van der Waals surface area (Å²) in [6.07, 6.45) is 0. The highest BCUT2D eigenvalue weighted by molar-refractivity contribution is 5.95. The summed E-state index contributed by atoms with van der Waals surface area (Å²) in [6.45, 7) is 2.99. The third-order valence-corrected chi connectivity index (χ3v) is 3.29. The topological polar surface area (TPSA) is 53.1 Å². The Morgan fingerprint density at radius 3 is 2.32 bits per heavy atom. The highest BCUT2D eigenvalue weighted by atomic mass is 15.1. The molecule has 98 valence electrons. The van der Waals surface area contributed by atoms with Gasteiger partial charge in [-0.25, -0.2) is 0 Å². The maximum Gasteiger partial charge on any atom is 0.122 e. The molecule has 3 heteroatoms. The van der Waals surface area contributed by atoms with E-state index in [2.05, 4.69) is 43.1 Å². The lowest BCUT2D eigenvalue weighted by atomic mass is 10.1. The van der Waals surface area contributed by atoms with Crippen LogP contribution in [-0.4, -0.2) is 12.9 Å². The van der Waals surface area contributed by atoms with Gasteiger partial charge in [0, 0.05) is 24.8 Å². The minimum absolute atomic E-state index is 0.105. The minimum atomic E-state index is 0.105. The van der Waals surface area contributed by atoms with Crippen LogP contribution < -0.4 is 10.6 Å². The summed E-state index contributed by atoms with van der Waals surface area (Å²) in [5.41, 5.74) is 9.95. The Morgan fingerprint density at radius 1 is 1.11 bits per heavy atom. The molecule has 0 unspecified atom stereocenters. The normalized spacial score (nSPS) is 10.2. The monoisotopic (exact) mass is 253 g/mol. The van der Waals surface area contributed by atoms with Gasteiger partial charge in [0.25, 0.3) is 0 Å². The predicted molar refractivity (Wildman–Crippen MR) is 80.7 cm³/mol. The lowest BCUT2D eigenvalue weighted by Gasteiger charge is -2.20. The molecule has 3 nitrogen and oxygen atoms in total. The van der Waals surface area contributed by atoms with E-state index in [4.69, 9.17) is 11.1 Å². The molecular weight excluding hydrogens is 234 g/mol. The van der Waals surface area contributed by atoms with Gasteiger partial charge in [-0.05, 0) is 42.3 Å². The van der Waals surface area contributed by atoms with E-state index in [9.17, 15) is 0 Å². The van der Waals surface area contributed by atoms with Crippen molar-refractivity contribution >= 4 is 11.5 Å². The molecule has 0 bridgehead atoms. The van der Waals surface area contributed by atoms with Crippen molar-refractivity contribution in [3.8, 4) is 0 Å². The van der Waals surface area contributed by atoms with Crippen molar-refractivity contribution in [3.63, 3.8) is 0 Å².